The number of nitrogens with one attached hydrogen (secondary N) is 1. The van der Waals surface area contributed by atoms with E-state index in [-0.39, 0.29) is 19.1 Å². The predicted octanol–water partition coefficient (Wildman–Crippen LogP) is 4.22. The summed E-state index contributed by atoms with van der Waals surface area (Å²) in [6.45, 7) is 5.74. The van der Waals surface area contributed by atoms with Crippen LogP contribution < -0.4 is 10.1 Å². The number of benzene rings is 2. The van der Waals surface area contributed by atoms with Crippen LogP contribution in [0.15, 0.2) is 46.9 Å². The Hall–Kier alpha value is -2.41. The summed E-state index contributed by atoms with van der Waals surface area (Å²) in [4.78, 5) is 26.7. The minimum absolute atomic E-state index is 0.0189. The summed E-state index contributed by atoms with van der Waals surface area (Å²) in [7, 11) is 0. The molecule has 0 aliphatic carbocycles. The maximum Gasteiger partial charge on any atom is 0.261 e. The van der Waals surface area contributed by atoms with Crippen LogP contribution in [0.4, 0.5) is 4.39 Å². The molecule has 0 bridgehead atoms. The molecule has 0 aliphatic rings. The van der Waals surface area contributed by atoms with Gasteiger partial charge in [0.15, 0.2) is 6.61 Å². The van der Waals surface area contributed by atoms with Crippen LogP contribution in [0, 0.1) is 12.7 Å². The highest BCUT2D eigenvalue weighted by Crippen LogP contribution is 2.22. The Balaban J connectivity index is 2.15. The molecule has 1 atom stereocenters. The molecule has 1 N–H and O–H groups in total. The average molecular weight is 465 g/mol. The van der Waals surface area contributed by atoms with E-state index in [0.29, 0.717) is 17.9 Å². The lowest BCUT2D eigenvalue weighted by atomic mass is 10.1. The summed E-state index contributed by atoms with van der Waals surface area (Å²) in [6.07, 6.45) is 0.783. The summed E-state index contributed by atoms with van der Waals surface area (Å²) in [5.41, 5.74) is 1.32. The maximum atomic E-state index is 14.1. The Morgan fingerprint density at radius 3 is 2.62 bits per heavy atom. The van der Waals surface area contributed by atoms with E-state index in [2.05, 4.69) is 21.2 Å². The number of hydrogen-bond donors (Lipinski definition) is 1. The standard InChI is InChI=1S/C22H26BrFN2O3/c1-4-11-25-22(28)16(3)26(13-17-7-5-6-8-20(17)24)21(27)14-29-18-9-10-19(23)15(2)12-18/h5-10,12,16H,4,11,13-14H2,1-3H3,(H,25,28)/t16-/m0/s1. The Morgan fingerprint density at radius 2 is 1.97 bits per heavy atom. The quantitative estimate of drug-likeness (QED) is 0.604. The van der Waals surface area contributed by atoms with Gasteiger partial charge < -0.3 is 15.0 Å². The van der Waals surface area contributed by atoms with Crippen molar-refractivity contribution in [2.45, 2.75) is 39.8 Å². The molecule has 0 radical (unpaired) electrons. The van der Waals surface area contributed by atoms with Gasteiger partial charge in [0.2, 0.25) is 5.91 Å². The van der Waals surface area contributed by atoms with Crippen molar-refractivity contribution >= 4 is 27.7 Å². The predicted molar refractivity (Wildman–Crippen MR) is 114 cm³/mol. The second-order valence-electron chi connectivity index (χ2n) is 6.78. The van der Waals surface area contributed by atoms with Crippen LogP contribution >= 0.6 is 15.9 Å². The van der Waals surface area contributed by atoms with Gasteiger partial charge in [-0.05, 0) is 50.1 Å². The summed E-state index contributed by atoms with van der Waals surface area (Å²) in [5, 5.41) is 2.78. The minimum Gasteiger partial charge on any atom is -0.484 e. The van der Waals surface area contributed by atoms with E-state index in [1.165, 1.54) is 11.0 Å². The average Bonchev–Trinajstić information content (AvgIpc) is 2.71. The van der Waals surface area contributed by atoms with Gasteiger partial charge in [-0.1, -0.05) is 41.1 Å². The SMILES string of the molecule is CCCNC(=O)[C@H](C)N(Cc1ccccc1F)C(=O)COc1ccc(Br)c(C)c1. The number of nitrogens with zero attached hydrogens (tertiary/aromatic N) is 1. The highest BCUT2D eigenvalue weighted by molar-refractivity contribution is 9.10. The molecule has 0 spiro atoms. The van der Waals surface area contributed by atoms with Crippen LogP contribution in [-0.2, 0) is 16.1 Å². The molecule has 7 heteroatoms. The largest absolute Gasteiger partial charge is 0.484 e. The third kappa shape index (κ3) is 6.56. The number of ether oxygens (including phenoxy) is 1. The molecule has 0 saturated heterocycles. The highest BCUT2D eigenvalue weighted by Gasteiger charge is 2.27. The summed E-state index contributed by atoms with van der Waals surface area (Å²) in [5.74, 6) is -0.548. The lowest BCUT2D eigenvalue weighted by molar-refractivity contribution is -0.142. The third-order valence-electron chi connectivity index (χ3n) is 4.51. The Labute approximate surface area is 179 Å². The molecule has 29 heavy (non-hydrogen) atoms. The molecule has 0 aliphatic heterocycles. The lowest BCUT2D eigenvalue weighted by Gasteiger charge is -2.29. The molecule has 2 amide bonds. The van der Waals surface area contributed by atoms with Gasteiger partial charge in [0.25, 0.3) is 5.91 Å². The fraction of sp³-hybridized carbons (Fsp3) is 0.364. The number of carbonyl (C=O) groups is 2. The summed E-state index contributed by atoms with van der Waals surface area (Å²) >= 11 is 3.42. The van der Waals surface area contributed by atoms with Gasteiger partial charge in [0.05, 0.1) is 0 Å². The zero-order chi connectivity index (χ0) is 21.4. The van der Waals surface area contributed by atoms with E-state index in [1.54, 1.807) is 31.2 Å². The van der Waals surface area contributed by atoms with Crippen molar-refractivity contribution in [3.63, 3.8) is 0 Å². The van der Waals surface area contributed by atoms with Crippen molar-refractivity contribution < 1.29 is 18.7 Å². The Kier molecular flexibility index (Phi) is 8.64. The fourth-order valence-electron chi connectivity index (χ4n) is 2.72. The molecule has 156 valence electrons. The molecule has 2 rings (SSSR count). The van der Waals surface area contributed by atoms with Crippen LogP contribution in [0.3, 0.4) is 0 Å². The van der Waals surface area contributed by atoms with Crippen molar-refractivity contribution in [2.24, 2.45) is 0 Å². The van der Waals surface area contributed by atoms with E-state index in [1.807, 2.05) is 26.0 Å². The molecule has 2 aromatic rings. The minimum atomic E-state index is -0.760. The number of carbonyl (C=O) groups excluding carboxylic acids is 2. The van der Waals surface area contributed by atoms with Gasteiger partial charge in [-0.2, -0.15) is 0 Å². The molecule has 0 unspecified atom stereocenters. The Bertz CT molecular complexity index is 860. The van der Waals surface area contributed by atoms with E-state index >= 15 is 0 Å². The van der Waals surface area contributed by atoms with Gasteiger partial charge >= 0.3 is 0 Å². The molecule has 0 aromatic heterocycles. The fourth-order valence-corrected chi connectivity index (χ4v) is 2.97. The summed E-state index contributed by atoms with van der Waals surface area (Å²) < 4.78 is 20.7. The molecule has 0 heterocycles. The van der Waals surface area contributed by atoms with Gasteiger partial charge in [-0.3, -0.25) is 9.59 Å². The highest BCUT2D eigenvalue weighted by atomic mass is 79.9. The van der Waals surface area contributed by atoms with Crippen molar-refractivity contribution in [3.05, 3.63) is 63.9 Å². The normalized spacial score (nSPS) is 11.6. The van der Waals surface area contributed by atoms with Crippen molar-refractivity contribution in [2.75, 3.05) is 13.2 Å². The van der Waals surface area contributed by atoms with E-state index in [4.69, 9.17) is 4.74 Å². The van der Waals surface area contributed by atoms with Crippen molar-refractivity contribution in [1.29, 1.82) is 0 Å². The summed E-state index contributed by atoms with van der Waals surface area (Å²) in [6, 6.07) is 10.9. The molecule has 5 nitrogen and oxygen atoms in total. The van der Waals surface area contributed by atoms with Crippen LogP contribution in [0.2, 0.25) is 0 Å². The first-order valence-corrected chi connectivity index (χ1v) is 10.3. The number of halogens is 2. The third-order valence-corrected chi connectivity index (χ3v) is 5.40. The first kappa shape index (κ1) is 22.9. The zero-order valence-electron chi connectivity index (χ0n) is 16.9. The van der Waals surface area contributed by atoms with Crippen LogP contribution in [0.5, 0.6) is 5.75 Å². The topological polar surface area (TPSA) is 58.6 Å². The molecule has 0 saturated carbocycles. The van der Waals surface area contributed by atoms with E-state index < -0.39 is 17.8 Å². The van der Waals surface area contributed by atoms with Crippen molar-refractivity contribution in [3.8, 4) is 5.75 Å². The van der Waals surface area contributed by atoms with Crippen molar-refractivity contribution in [1.82, 2.24) is 10.2 Å². The number of amides is 2. The lowest BCUT2D eigenvalue weighted by Crippen LogP contribution is -2.49. The van der Waals surface area contributed by atoms with Gasteiger partial charge in [0.1, 0.15) is 17.6 Å². The monoisotopic (exact) mass is 464 g/mol. The van der Waals surface area contributed by atoms with Crippen LogP contribution in [0.25, 0.3) is 0 Å². The second kappa shape index (κ2) is 11.0. The maximum absolute atomic E-state index is 14.1. The van der Waals surface area contributed by atoms with Crippen LogP contribution in [0.1, 0.15) is 31.4 Å². The van der Waals surface area contributed by atoms with E-state index in [0.717, 1.165) is 16.5 Å². The van der Waals surface area contributed by atoms with Crippen LogP contribution in [-0.4, -0.2) is 35.9 Å². The molecule has 0 fully saturated rings. The first-order valence-electron chi connectivity index (χ1n) is 9.53. The van der Waals surface area contributed by atoms with Gasteiger partial charge in [-0.15, -0.1) is 0 Å². The first-order chi connectivity index (χ1) is 13.8. The molecule has 2 aromatic carbocycles. The van der Waals surface area contributed by atoms with Gasteiger partial charge in [0, 0.05) is 23.1 Å². The number of rotatable bonds is 9. The van der Waals surface area contributed by atoms with Gasteiger partial charge in [-0.25, -0.2) is 4.39 Å². The number of aryl methyl sites for hydroxylation is 1. The molecular formula is C22H26BrFN2O3. The zero-order valence-corrected chi connectivity index (χ0v) is 18.5. The van der Waals surface area contributed by atoms with E-state index in [9.17, 15) is 14.0 Å². The Morgan fingerprint density at radius 1 is 1.24 bits per heavy atom. The smallest absolute Gasteiger partial charge is 0.261 e. The molecular weight excluding hydrogens is 439 g/mol. The second-order valence-corrected chi connectivity index (χ2v) is 7.63. The number of hydrogen-bond acceptors (Lipinski definition) is 3.